The molecule has 0 aliphatic rings. The Labute approximate surface area is 119 Å². The smallest absolute Gasteiger partial charge is 0.222 e. The zero-order valence-corrected chi connectivity index (χ0v) is 12.4. The van der Waals surface area contributed by atoms with Gasteiger partial charge in [-0.15, -0.1) is 0 Å². The number of rotatable bonds is 7. The molecule has 2 N–H and O–H groups in total. The molecule has 1 rings (SSSR count). The minimum absolute atomic E-state index is 0.0281. The molecule has 0 atom stereocenters. The molecule has 5 heteroatoms. The predicted molar refractivity (Wildman–Crippen MR) is 77.6 cm³/mol. The SMILES string of the molecule is COc1ccc(CNCCNC(=O)C(C)C)cc1Cl. The van der Waals surface area contributed by atoms with Crippen molar-refractivity contribution >= 4 is 17.5 Å². The van der Waals surface area contributed by atoms with Crippen LogP contribution in [0, 0.1) is 5.92 Å². The molecule has 0 fully saturated rings. The number of carbonyl (C=O) groups is 1. The van der Waals surface area contributed by atoms with Crippen LogP contribution in [0.25, 0.3) is 0 Å². The van der Waals surface area contributed by atoms with Crippen molar-refractivity contribution in [1.82, 2.24) is 10.6 Å². The molecule has 0 aliphatic heterocycles. The number of hydrogen-bond donors (Lipinski definition) is 2. The molecule has 0 aromatic heterocycles. The molecule has 19 heavy (non-hydrogen) atoms. The van der Waals surface area contributed by atoms with E-state index in [9.17, 15) is 4.79 Å². The van der Waals surface area contributed by atoms with Crippen molar-refractivity contribution in [1.29, 1.82) is 0 Å². The number of methoxy groups -OCH3 is 1. The molecule has 1 aromatic carbocycles. The van der Waals surface area contributed by atoms with Crippen molar-refractivity contribution in [3.63, 3.8) is 0 Å². The molecule has 106 valence electrons. The van der Waals surface area contributed by atoms with Crippen molar-refractivity contribution in [2.45, 2.75) is 20.4 Å². The topological polar surface area (TPSA) is 50.4 Å². The van der Waals surface area contributed by atoms with Crippen molar-refractivity contribution in [3.8, 4) is 5.75 Å². The Hall–Kier alpha value is -1.26. The van der Waals surface area contributed by atoms with Crippen LogP contribution in [-0.2, 0) is 11.3 Å². The van der Waals surface area contributed by atoms with Crippen LogP contribution in [0.15, 0.2) is 18.2 Å². The standard InChI is InChI=1S/C14H21ClN2O2/c1-10(2)14(18)17-7-6-16-9-11-4-5-13(19-3)12(15)8-11/h4-5,8,10,16H,6-7,9H2,1-3H3,(H,17,18). The Morgan fingerprint density at radius 3 is 2.68 bits per heavy atom. The average molecular weight is 285 g/mol. The summed E-state index contributed by atoms with van der Waals surface area (Å²) < 4.78 is 5.09. The minimum atomic E-state index is 0.0281. The van der Waals surface area contributed by atoms with Crippen LogP contribution in [0.5, 0.6) is 5.75 Å². The lowest BCUT2D eigenvalue weighted by atomic mass is 10.2. The van der Waals surface area contributed by atoms with Crippen LogP contribution in [-0.4, -0.2) is 26.1 Å². The van der Waals surface area contributed by atoms with Crippen molar-refractivity contribution < 1.29 is 9.53 Å². The largest absolute Gasteiger partial charge is 0.495 e. The van der Waals surface area contributed by atoms with E-state index >= 15 is 0 Å². The zero-order valence-electron chi connectivity index (χ0n) is 11.6. The second-order valence-electron chi connectivity index (χ2n) is 4.59. The van der Waals surface area contributed by atoms with Crippen LogP contribution >= 0.6 is 11.6 Å². The zero-order chi connectivity index (χ0) is 14.3. The Bertz CT molecular complexity index is 422. The average Bonchev–Trinajstić information content (AvgIpc) is 2.38. The molecule has 0 unspecified atom stereocenters. The third-order valence-electron chi connectivity index (χ3n) is 2.67. The highest BCUT2D eigenvalue weighted by Gasteiger charge is 2.05. The van der Waals surface area contributed by atoms with Gasteiger partial charge in [0.1, 0.15) is 5.75 Å². The van der Waals surface area contributed by atoms with E-state index in [-0.39, 0.29) is 11.8 Å². The second kappa shape index (κ2) is 8.02. The minimum Gasteiger partial charge on any atom is -0.495 e. The molecule has 0 saturated carbocycles. The molecule has 4 nitrogen and oxygen atoms in total. The van der Waals surface area contributed by atoms with E-state index in [0.717, 1.165) is 12.1 Å². The van der Waals surface area contributed by atoms with Crippen molar-refractivity contribution in [2.75, 3.05) is 20.2 Å². The molecule has 0 aliphatic carbocycles. The van der Waals surface area contributed by atoms with Crippen LogP contribution in [0.4, 0.5) is 0 Å². The maximum atomic E-state index is 11.3. The van der Waals surface area contributed by atoms with E-state index in [1.54, 1.807) is 7.11 Å². The van der Waals surface area contributed by atoms with Gasteiger partial charge in [0.15, 0.2) is 0 Å². The molecule has 1 aromatic rings. The third-order valence-corrected chi connectivity index (χ3v) is 2.97. The van der Waals surface area contributed by atoms with Crippen LogP contribution < -0.4 is 15.4 Å². The highest BCUT2D eigenvalue weighted by Crippen LogP contribution is 2.24. The summed E-state index contributed by atoms with van der Waals surface area (Å²) >= 11 is 6.04. The normalized spacial score (nSPS) is 10.6. The summed E-state index contributed by atoms with van der Waals surface area (Å²) in [5.41, 5.74) is 1.08. The molecule has 0 radical (unpaired) electrons. The number of halogens is 1. The summed E-state index contributed by atoms with van der Waals surface area (Å²) in [6.07, 6.45) is 0. The summed E-state index contributed by atoms with van der Waals surface area (Å²) in [5, 5.41) is 6.70. The third kappa shape index (κ3) is 5.49. The molecule has 1 amide bonds. The fourth-order valence-corrected chi connectivity index (χ4v) is 1.81. The first-order valence-corrected chi connectivity index (χ1v) is 6.73. The highest BCUT2D eigenvalue weighted by molar-refractivity contribution is 6.32. The van der Waals surface area contributed by atoms with Gasteiger partial charge in [0.05, 0.1) is 12.1 Å². The van der Waals surface area contributed by atoms with Gasteiger partial charge in [-0.25, -0.2) is 0 Å². The Morgan fingerprint density at radius 1 is 1.37 bits per heavy atom. The first-order valence-electron chi connectivity index (χ1n) is 6.35. The van der Waals surface area contributed by atoms with Crippen LogP contribution in [0.1, 0.15) is 19.4 Å². The lowest BCUT2D eigenvalue weighted by molar-refractivity contribution is -0.123. The van der Waals surface area contributed by atoms with E-state index in [1.165, 1.54) is 0 Å². The van der Waals surface area contributed by atoms with E-state index in [1.807, 2.05) is 32.0 Å². The van der Waals surface area contributed by atoms with Gasteiger partial charge < -0.3 is 15.4 Å². The number of ether oxygens (including phenoxy) is 1. The summed E-state index contributed by atoms with van der Waals surface area (Å²) in [6.45, 7) is 5.81. The van der Waals surface area contributed by atoms with Gasteiger partial charge in [-0.1, -0.05) is 31.5 Å². The fourth-order valence-electron chi connectivity index (χ4n) is 1.53. The van der Waals surface area contributed by atoms with Crippen molar-refractivity contribution in [3.05, 3.63) is 28.8 Å². The van der Waals surface area contributed by atoms with Gasteiger partial charge in [-0.3, -0.25) is 4.79 Å². The number of hydrogen-bond acceptors (Lipinski definition) is 3. The lowest BCUT2D eigenvalue weighted by Gasteiger charge is -2.09. The summed E-state index contributed by atoms with van der Waals surface area (Å²) in [5.74, 6) is 0.782. The Kier molecular flexibility index (Phi) is 6.67. The van der Waals surface area contributed by atoms with Crippen LogP contribution in [0.3, 0.4) is 0 Å². The number of benzene rings is 1. The van der Waals surface area contributed by atoms with Gasteiger partial charge >= 0.3 is 0 Å². The molecule has 0 bridgehead atoms. The van der Waals surface area contributed by atoms with Gasteiger partial charge in [0.2, 0.25) is 5.91 Å². The summed E-state index contributed by atoms with van der Waals surface area (Å²) in [6, 6.07) is 5.68. The van der Waals surface area contributed by atoms with E-state index in [2.05, 4.69) is 10.6 Å². The van der Waals surface area contributed by atoms with E-state index < -0.39 is 0 Å². The molecular weight excluding hydrogens is 264 g/mol. The van der Waals surface area contributed by atoms with Gasteiger partial charge in [-0.05, 0) is 17.7 Å². The van der Waals surface area contributed by atoms with Crippen LogP contribution in [0.2, 0.25) is 5.02 Å². The number of amides is 1. The Balaban J connectivity index is 2.26. The molecule has 0 saturated heterocycles. The molecular formula is C14H21ClN2O2. The predicted octanol–water partition coefficient (Wildman–Crippen LogP) is 2.21. The Morgan fingerprint density at radius 2 is 2.11 bits per heavy atom. The fraction of sp³-hybridized carbons (Fsp3) is 0.500. The van der Waals surface area contributed by atoms with Gasteiger partial charge in [-0.2, -0.15) is 0 Å². The maximum absolute atomic E-state index is 11.3. The van der Waals surface area contributed by atoms with Gasteiger partial charge in [0.25, 0.3) is 0 Å². The first kappa shape index (κ1) is 15.8. The molecule has 0 heterocycles. The summed E-state index contributed by atoms with van der Waals surface area (Å²) in [7, 11) is 1.59. The quantitative estimate of drug-likeness (QED) is 0.755. The van der Waals surface area contributed by atoms with Crippen molar-refractivity contribution in [2.24, 2.45) is 5.92 Å². The lowest BCUT2D eigenvalue weighted by Crippen LogP contribution is -2.34. The number of carbonyl (C=O) groups excluding carboxylic acids is 1. The molecule has 0 spiro atoms. The van der Waals surface area contributed by atoms with E-state index in [0.29, 0.717) is 23.9 Å². The maximum Gasteiger partial charge on any atom is 0.222 e. The van der Waals surface area contributed by atoms with Gasteiger partial charge in [0, 0.05) is 25.6 Å². The monoisotopic (exact) mass is 284 g/mol. The first-order chi connectivity index (χ1) is 9.04. The summed E-state index contributed by atoms with van der Waals surface area (Å²) in [4.78, 5) is 11.3. The van der Waals surface area contributed by atoms with E-state index in [4.69, 9.17) is 16.3 Å². The highest BCUT2D eigenvalue weighted by atomic mass is 35.5. The second-order valence-corrected chi connectivity index (χ2v) is 5.00. The number of nitrogens with one attached hydrogen (secondary N) is 2.